The molecule has 1 amide bonds. The second-order valence-electron chi connectivity index (χ2n) is 5.62. The number of aryl methyl sites for hydroxylation is 1. The lowest BCUT2D eigenvalue weighted by molar-refractivity contribution is -0.150. The highest BCUT2D eigenvalue weighted by molar-refractivity contribution is 5.76. The van der Waals surface area contributed by atoms with E-state index in [4.69, 9.17) is 4.52 Å². The van der Waals surface area contributed by atoms with Gasteiger partial charge in [0.15, 0.2) is 0 Å². The summed E-state index contributed by atoms with van der Waals surface area (Å²) in [5.74, 6) is -0.0164. The van der Waals surface area contributed by atoms with Gasteiger partial charge in [0.1, 0.15) is 6.26 Å². The van der Waals surface area contributed by atoms with Crippen LogP contribution in [-0.2, 0) is 11.2 Å². The van der Waals surface area contributed by atoms with Gasteiger partial charge in [-0.25, -0.2) is 0 Å². The number of carbonyl (C=O) groups is 1. The summed E-state index contributed by atoms with van der Waals surface area (Å²) in [5, 5.41) is 3.75. The normalized spacial score (nSPS) is 17.6. The van der Waals surface area contributed by atoms with E-state index in [0.29, 0.717) is 38.8 Å². The molecule has 0 unspecified atom stereocenters. The third kappa shape index (κ3) is 5.01. The first kappa shape index (κ1) is 16.8. The highest BCUT2D eigenvalue weighted by atomic mass is 19.4. The number of likely N-dealkylation sites (tertiary alicyclic amines) is 1. The van der Waals surface area contributed by atoms with Gasteiger partial charge in [-0.3, -0.25) is 9.69 Å². The molecule has 0 aliphatic carbocycles. The van der Waals surface area contributed by atoms with Crippen LogP contribution >= 0.6 is 0 Å². The zero-order chi connectivity index (χ0) is 16.2. The molecule has 1 fully saturated rings. The maximum Gasteiger partial charge on any atom is 0.401 e. The first-order valence-corrected chi connectivity index (χ1v) is 7.29. The van der Waals surface area contributed by atoms with Gasteiger partial charge in [0.25, 0.3) is 0 Å². The van der Waals surface area contributed by atoms with E-state index in [9.17, 15) is 18.0 Å². The first-order chi connectivity index (χ1) is 10.3. The Balaban J connectivity index is 1.74. The fourth-order valence-corrected chi connectivity index (χ4v) is 2.70. The summed E-state index contributed by atoms with van der Waals surface area (Å²) in [7, 11) is 1.72. The monoisotopic (exact) mass is 319 g/mol. The van der Waals surface area contributed by atoms with Crippen molar-refractivity contribution in [2.24, 2.45) is 0 Å². The molecule has 2 rings (SSSR count). The third-order valence-corrected chi connectivity index (χ3v) is 3.99. The Morgan fingerprint density at radius 1 is 1.45 bits per heavy atom. The van der Waals surface area contributed by atoms with Crippen molar-refractivity contribution < 1.29 is 22.5 Å². The minimum absolute atomic E-state index is 0.00860. The van der Waals surface area contributed by atoms with Crippen molar-refractivity contribution in [3.05, 3.63) is 18.0 Å². The highest BCUT2D eigenvalue weighted by Crippen LogP contribution is 2.22. The van der Waals surface area contributed by atoms with E-state index in [1.54, 1.807) is 18.0 Å². The number of alkyl halides is 3. The topological polar surface area (TPSA) is 49.6 Å². The van der Waals surface area contributed by atoms with Gasteiger partial charge in [-0.1, -0.05) is 5.16 Å². The Morgan fingerprint density at radius 2 is 2.14 bits per heavy atom. The van der Waals surface area contributed by atoms with Gasteiger partial charge in [0, 0.05) is 45.1 Å². The van der Waals surface area contributed by atoms with Crippen molar-refractivity contribution in [3.63, 3.8) is 0 Å². The van der Waals surface area contributed by atoms with Crippen LogP contribution in [0.2, 0.25) is 0 Å². The summed E-state index contributed by atoms with van der Waals surface area (Å²) in [6, 6.07) is 1.72. The molecule has 0 atom stereocenters. The lowest BCUT2D eigenvalue weighted by Crippen LogP contribution is -2.47. The molecule has 0 bridgehead atoms. The molecule has 1 aromatic heterocycles. The van der Waals surface area contributed by atoms with Crippen molar-refractivity contribution in [1.29, 1.82) is 0 Å². The predicted octanol–water partition coefficient (Wildman–Crippen LogP) is 2.09. The fraction of sp³-hybridized carbons (Fsp3) is 0.714. The van der Waals surface area contributed by atoms with Crippen LogP contribution in [0.4, 0.5) is 13.2 Å². The number of amides is 1. The Bertz CT molecular complexity index is 468. The summed E-state index contributed by atoms with van der Waals surface area (Å²) in [5.41, 5.74) is 0.724. The highest BCUT2D eigenvalue weighted by Gasteiger charge is 2.33. The number of aromatic nitrogens is 1. The van der Waals surface area contributed by atoms with E-state index < -0.39 is 12.7 Å². The fourth-order valence-electron chi connectivity index (χ4n) is 2.70. The van der Waals surface area contributed by atoms with Gasteiger partial charge in [0.05, 0.1) is 12.2 Å². The second kappa shape index (κ2) is 7.13. The molecule has 124 valence electrons. The number of hydrogen-bond acceptors (Lipinski definition) is 4. The SMILES string of the molecule is CN(C(=O)CCc1ccon1)C1CCN(CC(F)(F)F)CC1. The van der Waals surface area contributed by atoms with Crippen molar-refractivity contribution >= 4 is 5.91 Å². The minimum atomic E-state index is -4.16. The molecule has 0 aromatic carbocycles. The molecule has 0 saturated carbocycles. The van der Waals surface area contributed by atoms with Crippen LogP contribution < -0.4 is 0 Å². The summed E-state index contributed by atoms with van der Waals surface area (Å²) in [6.45, 7) is -0.139. The summed E-state index contributed by atoms with van der Waals surface area (Å²) < 4.78 is 41.7. The van der Waals surface area contributed by atoms with Crippen molar-refractivity contribution in [1.82, 2.24) is 15.0 Å². The van der Waals surface area contributed by atoms with E-state index in [2.05, 4.69) is 5.16 Å². The van der Waals surface area contributed by atoms with Gasteiger partial charge in [-0.15, -0.1) is 0 Å². The molecular weight excluding hydrogens is 299 g/mol. The van der Waals surface area contributed by atoms with Gasteiger partial charge < -0.3 is 9.42 Å². The van der Waals surface area contributed by atoms with Crippen LogP contribution in [0.1, 0.15) is 25.0 Å². The zero-order valence-corrected chi connectivity index (χ0v) is 12.5. The summed E-state index contributed by atoms with van der Waals surface area (Å²) in [4.78, 5) is 15.2. The van der Waals surface area contributed by atoms with Crippen LogP contribution in [-0.4, -0.2) is 59.8 Å². The molecule has 2 heterocycles. The number of nitrogens with zero attached hydrogens (tertiary/aromatic N) is 3. The van der Waals surface area contributed by atoms with Gasteiger partial charge in [-0.05, 0) is 12.8 Å². The summed E-state index contributed by atoms with van der Waals surface area (Å²) in [6.07, 6.45) is -0.727. The standard InChI is InChI=1S/C14H20F3N3O2/c1-19(13(21)3-2-11-6-9-22-18-11)12-4-7-20(8-5-12)10-14(15,16)17/h6,9,12H,2-5,7-8,10H2,1H3. The third-order valence-electron chi connectivity index (χ3n) is 3.99. The largest absolute Gasteiger partial charge is 0.401 e. The maximum atomic E-state index is 12.3. The Labute approximate surface area is 127 Å². The van der Waals surface area contributed by atoms with E-state index in [1.807, 2.05) is 0 Å². The smallest absolute Gasteiger partial charge is 0.365 e. The van der Waals surface area contributed by atoms with Gasteiger partial charge >= 0.3 is 6.18 Å². The molecule has 1 aliphatic heterocycles. The summed E-state index contributed by atoms with van der Waals surface area (Å²) >= 11 is 0. The van der Waals surface area contributed by atoms with E-state index in [0.717, 1.165) is 5.69 Å². The molecule has 22 heavy (non-hydrogen) atoms. The van der Waals surface area contributed by atoms with Crippen molar-refractivity contribution in [2.45, 2.75) is 37.9 Å². The van der Waals surface area contributed by atoms with E-state index >= 15 is 0 Å². The average Bonchev–Trinajstić information content (AvgIpc) is 2.96. The lowest BCUT2D eigenvalue weighted by atomic mass is 10.0. The van der Waals surface area contributed by atoms with Crippen LogP contribution in [0.3, 0.4) is 0 Å². The van der Waals surface area contributed by atoms with Gasteiger partial charge in [-0.2, -0.15) is 13.2 Å². The van der Waals surface area contributed by atoms with Gasteiger partial charge in [0.2, 0.25) is 5.91 Å². The van der Waals surface area contributed by atoms with Crippen LogP contribution in [0, 0.1) is 0 Å². The lowest BCUT2D eigenvalue weighted by Gasteiger charge is -2.37. The van der Waals surface area contributed by atoms with Crippen LogP contribution in [0.5, 0.6) is 0 Å². The van der Waals surface area contributed by atoms with Crippen LogP contribution in [0.15, 0.2) is 16.9 Å². The number of rotatable bonds is 5. The van der Waals surface area contributed by atoms with Crippen LogP contribution in [0.25, 0.3) is 0 Å². The predicted molar refractivity (Wildman–Crippen MR) is 73.1 cm³/mol. The molecule has 0 N–H and O–H groups in total. The molecular formula is C14H20F3N3O2. The van der Waals surface area contributed by atoms with E-state index in [1.165, 1.54) is 11.2 Å². The Kier molecular flexibility index (Phi) is 5.44. The number of halogens is 3. The zero-order valence-electron chi connectivity index (χ0n) is 12.5. The first-order valence-electron chi connectivity index (χ1n) is 7.29. The minimum Gasteiger partial charge on any atom is -0.365 e. The molecule has 1 aliphatic rings. The maximum absolute atomic E-state index is 12.3. The van der Waals surface area contributed by atoms with E-state index in [-0.39, 0.29) is 11.9 Å². The number of piperidine rings is 1. The Morgan fingerprint density at radius 3 is 2.68 bits per heavy atom. The number of carbonyl (C=O) groups excluding carboxylic acids is 1. The number of hydrogen-bond donors (Lipinski definition) is 0. The average molecular weight is 319 g/mol. The quantitative estimate of drug-likeness (QED) is 0.834. The Hall–Kier alpha value is -1.57. The molecule has 1 aromatic rings. The molecule has 8 heteroatoms. The van der Waals surface area contributed by atoms with Crippen molar-refractivity contribution in [2.75, 3.05) is 26.7 Å². The molecule has 0 spiro atoms. The molecule has 1 saturated heterocycles. The van der Waals surface area contributed by atoms with Crippen molar-refractivity contribution in [3.8, 4) is 0 Å². The molecule has 0 radical (unpaired) electrons. The molecule has 5 nitrogen and oxygen atoms in total. The second-order valence-corrected chi connectivity index (χ2v) is 5.62.